The first-order valence-corrected chi connectivity index (χ1v) is 10.8. The maximum Gasteiger partial charge on any atom is 0.513 e. The Labute approximate surface area is 151 Å². The van der Waals surface area contributed by atoms with Crippen LogP contribution in [0.2, 0.25) is 5.54 Å². The highest BCUT2D eigenvalue weighted by atomic mass is 28.4. The van der Waals surface area contributed by atoms with Gasteiger partial charge in [-0.1, -0.05) is 0 Å². The predicted octanol–water partition coefficient (Wildman–Crippen LogP) is 1.16. The van der Waals surface area contributed by atoms with Gasteiger partial charge in [-0.05, 0) is 40.2 Å². The lowest BCUT2D eigenvalue weighted by Gasteiger charge is -2.34. The highest BCUT2D eigenvalue weighted by Crippen LogP contribution is 2.29. The molecule has 1 unspecified atom stereocenters. The lowest BCUT2D eigenvalue weighted by molar-refractivity contribution is -0.122. The number of hydrogen-bond donors (Lipinski definition) is 2. The van der Waals surface area contributed by atoms with Gasteiger partial charge < -0.3 is 28.9 Å². The number of nitrogens with two attached hydrogens (primary N) is 1. The van der Waals surface area contributed by atoms with Crippen molar-refractivity contribution in [2.45, 2.75) is 45.7 Å². The van der Waals surface area contributed by atoms with E-state index in [2.05, 4.69) is 10.3 Å². The largest absolute Gasteiger partial charge is 0.513 e. The second kappa shape index (κ2) is 12.1. The molecule has 0 fully saturated rings. The van der Waals surface area contributed by atoms with Crippen molar-refractivity contribution in [3.05, 3.63) is 18.7 Å². The predicted molar refractivity (Wildman–Crippen MR) is 97.9 cm³/mol. The number of nitrogens with zero attached hydrogens (tertiary/aromatic N) is 2. The van der Waals surface area contributed by atoms with Crippen molar-refractivity contribution >= 4 is 14.7 Å². The summed E-state index contributed by atoms with van der Waals surface area (Å²) in [7, 11) is -3.13. The van der Waals surface area contributed by atoms with Crippen LogP contribution in [0.5, 0.6) is 0 Å². The first-order chi connectivity index (χ1) is 12.1. The van der Waals surface area contributed by atoms with Crippen LogP contribution in [-0.2, 0) is 24.6 Å². The maximum absolute atomic E-state index is 12.8. The highest BCUT2D eigenvalue weighted by Gasteiger charge is 2.52. The topological polar surface area (TPSA) is 101 Å². The fourth-order valence-corrected chi connectivity index (χ4v) is 5.68. The molecule has 1 rings (SSSR count). The minimum Gasteiger partial charge on any atom is -0.373 e. The molecule has 0 aromatic carbocycles. The van der Waals surface area contributed by atoms with Gasteiger partial charge in [0.25, 0.3) is 0 Å². The zero-order chi connectivity index (χ0) is 18.5. The van der Waals surface area contributed by atoms with Crippen molar-refractivity contribution in [3.8, 4) is 0 Å². The maximum atomic E-state index is 12.8. The van der Waals surface area contributed by atoms with Gasteiger partial charge >= 0.3 is 8.80 Å². The van der Waals surface area contributed by atoms with E-state index in [1.165, 1.54) is 0 Å². The van der Waals surface area contributed by atoms with E-state index in [0.29, 0.717) is 39.3 Å². The molecule has 144 valence electrons. The normalized spacial score (nSPS) is 13.0. The fraction of sp³-hybridized carbons (Fsp3) is 0.750. The van der Waals surface area contributed by atoms with Crippen molar-refractivity contribution in [2.24, 2.45) is 5.73 Å². The molecule has 1 aromatic rings. The molecule has 1 atom stereocenters. The molecule has 25 heavy (non-hydrogen) atoms. The summed E-state index contributed by atoms with van der Waals surface area (Å²) >= 11 is 0. The molecule has 0 saturated heterocycles. The monoisotopic (exact) mass is 372 g/mol. The van der Waals surface area contributed by atoms with Crippen LogP contribution in [-0.4, -0.2) is 57.2 Å². The van der Waals surface area contributed by atoms with Crippen molar-refractivity contribution < 1.29 is 18.1 Å². The molecule has 0 bridgehead atoms. The molecule has 0 radical (unpaired) electrons. The lowest BCUT2D eigenvalue weighted by Crippen LogP contribution is -2.55. The van der Waals surface area contributed by atoms with Crippen molar-refractivity contribution in [3.63, 3.8) is 0 Å². The second-order valence-corrected chi connectivity index (χ2v) is 8.25. The molecule has 1 heterocycles. The number of aromatic nitrogens is 2. The SMILES string of the molecule is CCO[Si](OCC)(OCC)C(CCN)C(=O)NCCCn1ccnc1. The number of imidazole rings is 1. The molecule has 9 heteroatoms. The number of rotatable bonds is 14. The zero-order valence-electron chi connectivity index (χ0n) is 15.6. The van der Waals surface area contributed by atoms with E-state index in [0.717, 1.165) is 13.0 Å². The average Bonchev–Trinajstić information content (AvgIpc) is 3.10. The first-order valence-electron chi connectivity index (χ1n) is 8.98. The molecular weight excluding hydrogens is 340 g/mol. The molecule has 0 spiro atoms. The van der Waals surface area contributed by atoms with Crippen molar-refractivity contribution in [1.29, 1.82) is 0 Å². The van der Waals surface area contributed by atoms with Gasteiger partial charge in [0.05, 0.1) is 6.33 Å². The summed E-state index contributed by atoms with van der Waals surface area (Å²) in [5.74, 6) is -0.113. The zero-order valence-corrected chi connectivity index (χ0v) is 16.6. The van der Waals surface area contributed by atoms with Crippen LogP contribution < -0.4 is 11.1 Å². The van der Waals surface area contributed by atoms with Gasteiger partial charge in [0.15, 0.2) is 0 Å². The number of carbonyl (C=O) groups excluding carboxylic acids is 1. The van der Waals surface area contributed by atoms with Crippen LogP contribution in [0, 0.1) is 0 Å². The number of amides is 1. The number of hydrogen-bond acceptors (Lipinski definition) is 6. The summed E-state index contributed by atoms with van der Waals surface area (Å²) in [6.45, 7) is 8.66. The summed E-state index contributed by atoms with van der Waals surface area (Å²) in [6.07, 6.45) is 6.68. The fourth-order valence-electron chi connectivity index (χ4n) is 2.68. The number of aryl methyl sites for hydroxylation is 1. The average molecular weight is 373 g/mol. The van der Waals surface area contributed by atoms with Crippen LogP contribution in [0.25, 0.3) is 0 Å². The molecule has 0 aliphatic heterocycles. The van der Waals surface area contributed by atoms with Gasteiger partial charge in [-0.2, -0.15) is 0 Å². The number of nitrogens with one attached hydrogen (secondary N) is 1. The third-order valence-corrected chi connectivity index (χ3v) is 7.16. The minimum atomic E-state index is -3.13. The van der Waals surface area contributed by atoms with E-state index in [9.17, 15) is 4.79 Å². The molecule has 0 saturated carbocycles. The Balaban J connectivity index is 2.69. The molecular formula is C16H32N4O4Si. The minimum absolute atomic E-state index is 0.113. The van der Waals surface area contributed by atoms with E-state index in [1.54, 1.807) is 12.5 Å². The van der Waals surface area contributed by atoms with E-state index in [-0.39, 0.29) is 5.91 Å². The van der Waals surface area contributed by atoms with Crippen molar-refractivity contribution in [2.75, 3.05) is 32.9 Å². The summed E-state index contributed by atoms with van der Waals surface area (Å²) in [5, 5.41) is 2.98. The quantitative estimate of drug-likeness (QED) is 0.375. The molecule has 3 N–H and O–H groups in total. The standard InChI is InChI=1S/C16H32N4O4Si/c1-4-22-25(23-5-2,24-6-3)15(8-9-17)16(21)19-10-7-12-20-13-11-18-14-20/h11,13-15H,4-10,12,17H2,1-3H3,(H,19,21). The molecule has 0 aliphatic carbocycles. The summed E-state index contributed by atoms with van der Waals surface area (Å²) in [5.41, 5.74) is 5.24. The Hall–Kier alpha value is -1.26. The van der Waals surface area contributed by atoms with Gasteiger partial charge in [-0.15, -0.1) is 0 Å². The summed E-state index contributed by atoms with van der Waals surface area (Å²) in [4.78, 5) is 16.8. The van der Waals surface area contributed by atoms with E-state index in [4.69, 9.17) is 19.0 Å². The Kier molecular flexibility index (Phi) is 10.6. The third kappa shape index (κ3) is 6.87. The van der Waals surface area contributed by atoms with Crippen LogP contribution in [0.4, 0.5) is 0 Å². The Morgan fingerprint density at radius 2 is 1.88 bits per heavy atom. The smallest absolute Gasteiger partial charge is 0.373 e. The highest BCUT2D eigenvalue weighted by molar-refractivity contribution is 6.66. The molecule has 1 aromatic heterocycles. The molecule has 1 amide bonds. The summed E-state index contributed by atoms with van der Waals surface area (Å²) in [6, 6.07) is 0. The van der Waals surface area contributed by atoms with Crippen LogP contribution in [0.1, 0.15) is 33.6 Å². The van der Waals surface area contributed by atoms with Gasteiger partial charge in [0.1, 0.15) is 5.54 Å². The van der Waals surface area contributed by atoms with Gasteiger partial charge in [-0.25, -0.2) is 4.98 Å². The number of carbonyl (C=O) groups is 1. The van der Waals surface area contributed by atoms with Crippen LogP contribution in [0.3, 0.4) is 0 Å². The molecule has 0 aliphatic rings. The van der Waals surface area contributed by atoms with Gasteiger partial charge in [0, 0.05) is 45.3 Å². The first kappa shape index (κ1) is 21.8. The van der Waals surface area contributed by atoms with Gasteiger partial charge in [-0.3, -0.25) is 4.79 Å². The summed E-state index contributed by atoms with van der Waals surface area (Å²) < 4.78 is 19.6. The Morgan fingerprint density at radius 1 is 1.24 bits per heavy atom. The third-order valence-electron chi connectivity index (χ3n) is 3.69. The van der Waals surface area contributed by atoms with Gasteiger partial charge in [0.2, 0.25) is 5.91 Å². The van der Waals surface area contributed by atoms with Crippen molar-refractivity contribution in [1.82, 2.24) is 14.9 Å². The van der Waals surface area contributed by atoms with Crippen LogP contribution >= 0.6 is 0 Å². The Morgan fingerprint density at radius 3 is 2.36 bits per heavy atom. The molecule has 8 nitrogen and oxygen atoms in total. The van der Waals surface area contributed by atoms with E-state index < -0.39 is 14.3 Å². The Bertz CT molecular complexity index is 456. The van der Waals surface area contributed by atoms with E-state index >= 15 is 0 Å². The van der Waals surface area contributed by atoms with Crippen LogP contribution in [0.15, 0.2) is 18.7 Å². The van der Waals surface area contributed by atoms with E-state index in [1.807, 2.05) is 31.5 Å². The second-order valence-electron chi connectivity index (χ2n) is 5.48. The lowest BCUT2D eigenvalue weighted by atomic mass is 10.3.